The number of hydrogen-bond acceptors (Lipinski definition) is 6. The van der Waals surface area contributed by atoms with Crippen LogP contribution >= 0.6 is 0 Å². The van der Waals surface area contributed by atoms with Gasteiger partial charge in [0.05, 0.1) is 49.7 Å². The number of rotatable bonds is 0. The number of hydrogen-bond donors (Lipinski definition) is 0. The van der Waals surface area contributed by atoms with Gasteiger partial charge in [-0.1, -0.05) is 25.0 Å². The maximum absolute atomic E-state index is 6.17. The van der Waals surface area contributed by atoms with E-state index in [0.717, 1.165) is 59.2 Å². The maximum atomic E-state index is 6.17. The molecular formula is C24H28N2O4. The topological polar surface area (TPSA) is 62.7 Å². The Balaban J connectivity index is 1.43. The summed E-state index contributed by atoms with van der Waals surface area (Å²) in [6.45, 7) is 2.52. The van der Waals surface area contributed by atoms with E-state index in [4.69, 9.17) is 28.9 Å². The third kappa shape index (κ3) is 4.20. The monoisotopic (exact) mass is 408 g/mol. The van der Waals surface area contributed by atoms with E-state index in [-0.39, 0.29) is 12.2 Å². The van der Waals surface area contributed by atoms with Crippen LogP contribution in [0.5, 0.6) is 11.5 Å². The summed E-state index contributed by atoms with van der Waals surface area (Å²) in [5.74, 6) is 1.52. The van der Waals surface area contributed by atoms with Crippen LogP contribution in [0.3, 0.4) is 0 Å². The highest BCUT2D eigenvalue weighted by Gasteiger charge is 2.26. The summed E-state index contributed by atoms with van der Waals surface area (Å²) in [5.41, 5.74) is 3.18. The van der Waals surface area contributed by atoms with Gasteiger partial charge in [0.15, 0.2) is 0 Å². The predicted octanol–water partition coefficient (Wildman–Crippen LogP) is 4.68. The Hall–Kier alpha value is -2.44. The molecule has 0 N–H and O–H groups in total. The van der Waals surface area contributed by atoms with Crippen LogP contribution in [0.1, 0.15) is 38.5 Å². The van der Waals surface area contributed by atoms with Crippen molar-refractivity contribution in [2.45, 2.75) is 50.7 Å². The number of fused-ring (bicyclic) bond motifs is 8. The van der Waals surface area contributed by atoms with Gasteiger partial charge in [-0.2, -0.15) is 0 Å². The highest BCUT2D eigenvalue weighted by Crippen LogP contribution is 2.29. The van der Waals surface area contributed by atoms with Crippen molar-refractivity contribution in [3.63, 3.8) is 0 Å². The molecule has 1 aliphatic carbocycles. The van der Waals surface area contributed by atoms with Crippen LogP contribution in [0.4, 0.5) is 0 Å². The molecule has 2 atom stereocenters. The van der Waals surface area contributed by atoms with Crippen molar-refractivity contribution in [2.75, 3.05) is 26.4 Å². The Labute approximate surface area is 176 Å². The lowest BCUT2D eigenvalue weighted by atomic mass is 9.94. The summed E-state index contributed by atoms with van der Waals surface area (Å²) in [6.07, 6.45) is 6.61. The Bertz CT molecular complexity index is 928. The van der Waals surface area contributed by atoms with Crippen molar-refractivity contribution in [1.82, 2.24) is 9.97 Å². The summed E-state index contributed by atoms with van der Waals surface area (Å²) < 4.78 is 24.4. The molecule has 0 saturated heterocycles. The van der Waals surface area contributed by atoms with Crippen molar-refractivity contribution < 1.29 is 18.9 Å². The van der Waals surface area contributed by atoms with Gasteiger partial charge in [-0.3, -0.25) is 0 Å². The normalized spacial score (nSPS) is 23.6. The molecule has 0 spiro atoms. The Kier molecular flexibility index (Phi) is 5.95. The zero-order valence-corrected chi connectivity index (χ0v) is 17.2. The van der Waals surface area contributed by atoms with Crippen molar-refractivity contribution in [3.8, 4) is 11.5 Å². The molecule has 0 amide bonds. The molecule has 0 radical (unpaired) electrons. The zero-order valence-electron chi connectivity index (χ0n) is 17.2. The number of ether oxygens (including phenoxy) is 4. The second-order valence-electron chi connectivity index (χ2n) is 7.98. The van der Waals surface area contributed by atoms with E-state index in [1.54, 1.807) is 0 Å². The van der Waals surface area contributed by atoms with Crippen molar-refractivity contribution >= 4 is 22.1 Å². The van der Waals surface area contributed by atoms with E-state index in [9.17, 15) is 0 Å². The van der Waals surface area contributed by atoms with Gasteiger partial charge in [-0.25, -0.2) is 9.97 Å². The van der Waals surface area contributed by atoms with Crippen molar-refractivity contribution in [1.29, 1.82) is 0 Å². The van der Waals surface area contributed by atoms with Crippen LogP contribution in [0, 0.1) is 0 Å². The van der Waals surface area contributed by atoms with Gasteiger partial charge in [-0.15, -0.1) is 0 Å². The molecule has 1 saturated carbocycles. The molecule has 1 aromatic heterocycles. The summed E-state index contributed by atoms with van der Waals surface area (Å²) in [6, 6.07) is 11.7. The molecule has 2 aromatic carbocycles. The molecule has 6 heteroatoms. The van der Waals surface area contributed by atoms with Crippen LogP contribution < -0.4 is 9.47 Å². The fourth-order valence-electron chi connectivity index (χ4n) is 4.30. The average Bonchev–Trinajstić information content (AvgIpc) is 2.78. The minimum atomic E-state index is 0.188. The van der Waals surface area contributed by atoms with Crippen LogP contribution in [-0.2, 0) is 9.47 Å². The number of para-hydroxylation sites is 2. The quantitative estimate of drug-likeness (QED) is 0.504. The third-order valence-electron chi connectivity index (χ3n) is 5.82. The van der Waals surface area contributed by atoms with Gasteiger partial charge in [0.25, 0.3) is 0 Å². The first-order valence-electron chi connectivity index (χ1n) is 11.1. The lowest BCUT2D eigenvalue weighted by Crippen LogP contribution is -2.35. The predicted molar refractivity (Wildman–Crippen MR) is 115 cm³/mol. The molecule has 0 unspecified atom stereocenters. The van der Waals surface area contributed by atoms with Crippen LogP contribution in [-0.4, -0.2) is 48.6 Å². The zero-order chi connectivity index (χ0) is 20.2. The van der Waals surface area contributed by atoms with Crippen LogP contribution in [0.15, 0.2) is 36.4 Å². The van der Waals surface area contributed by atoms with Gasteiger partial charge in [0.1, 0.15) is 22.5 Å². The number of nitrogens with zero attached hydrogens (tertiary/aromatic N) is 2. The molecule has 1 fully saturated rings. The minimum Gasteiger partial charge on any atom is -0.491 e. The summed E-state index contributed by atoms with van der Waals surface area (Å²) in [5, 5.41) is 0. The second kappa shape index (κ2) is 9.14. The molecule has 3 aromatic rings. The van der Waals surface area contributed by atoms with Crippen LogP contribution in [0.25, 0.3) is 22.1 Å². The molecule has 3 heterocycles. The lowest BCUT2D eigenvalue weighted by Gasteiger charge is -2.31. The summed E-state index contributed by atoms with van der Waals surface area (Å²) >= 11 is 0. The van der Waals surface area contributed by atoms with Gasteiger partial charge < -0.3 is 18.9 Å². The molecule has 6 nitrogen and oxygen atoms in total. The maximum Gasteiger partial charge on any atom is 0.147 e. The number of aromatic nitrogens is 2. The fraction of sp³-hybridized carbons (Fsp3) is 0.500. The van der Waals surface area contributed by atoms with E-state index < -0.39 is 0 Å². The molecule has 3 aliphatic rings. The molecule has 158 valence electrons. The van der Waals surface area contributed by atoms with Gasteiger partial charge in [0, 0.05) is 12.8 Å². The average molecular weight is 408 g/mol. The van der Waals surface area contributed by atoms with Gasteiger partial charge in [-0.05, 0) is 37.1 Å². The first-order valence-corrected chi connectivity index (χ1v) is 11.1. The highest BCUT2D eigenvalue weighted by molar-refractivity contribution is 5.92. The van der Waals surface area contributed by atoms with Crippen LogP contribution in [0.2, 0.25) is 0 Å². The van der Waals surface area contributed by atoms with E-state index in [1.807, 2.05) is 36.4 Å². The van der Waals surface area contributed by atoms with E-state index >= 15 is 0 Å². The van der Waals surface area contributed by atoms with E-state index in [0.29, 0.717) is 26.4 Å². The van der Waals surface area contributed by atoms with E-state index in [1.165, 1.54) is 12.8 Å². The Morgan fingerprint density at radius 3 is 1.60 bits per heavy atom. The van der Waals surface area contributed by atoms with Gasteiger partial charge >= 0.3 is 0 Å². The van der Waals surface area contributed by atoms with Gasteiger partial charge in [0.2, 0.25) is 0 Å². The third-order valence-corrected chi connectivity index (χ3v) is 5.82. The SMILES string of the molecule is c1cc2c3nc4cccc(c4nc3c1)OCCCO[C@@H]1CCCC[C@H]1OCCCO2. The lowest BCUT2D eigenvalue weighted by molar-refractivity contribution is -0.0948. The number of benzene rings is 2. The second-order valence-corrected chi connectivity index (χ2v) is 7.98. The first-order chi connectivity index (χ1) is 14.9. The summed E-state index contributed by atoms with van der Waals surface area (Å²) in [4.78, 5) is 9.65. The van der Waals surface area contributed by atoms with Crippen molar-refractivity contribution in [3.05, 3.63) is 36.4 Å². The highest BCUT2D eigenvalue weighted by atomic mass is 16.5. The smallest absolute Gasteiger partial charge is 0.147 e. The first kappa shape index (κ1) is 19.5. The summed E-state index contributed by atoms with van der Waals surface area (Å²) in [7, 11) is 0. The Morgan fingerprint density at radius 1 is 0.600 bits per heavy atom. The molecule has 2 aliphatic heterocycles. The standard InChI is InChI=1S/C24H28N2O4/c1-2-10-20-19(9-1)27-13-5-15-29-21-11-3-7-17-23(21)25-18-8-4-12-22(24(18)26-17)30-16-6-14-28-20/h3-4,7-8,11-12,19-20H,1-2,5-6,9-10,13-16H2/t19-,20-/m1/s1. The van der Waals surface area contributed by atoms with E-state index in [2.05, 4.69) is 0 Å². The minimum absolute atomic E-state index is 0.188. The Morgan fingerprint density at radius 2 is 1.10 bits per heavy atom. The molecule has 6 bridgehead atoms. The fourth-order valence-corrected chi connectivity index (χ4v) is 4.30. The molecule has 6 rings (SSSR count). The largest absolute Gasteiger partial charge is 0.491 e. The molecular weight excluding hydrogens is 380 g/mol. The molecule has 30 heavy (non-hydrogen) atoms. The van der Waals surface area contributed by atoms with Crippen molar-refractivity contribution in [2.24, 2.45) is 0 Å².